The summed E-state index contributed by atoms with van der Waals surface area (Å²) in [7, 11) is -7.47. The second-order valence-electron chi connectivity index (χ2n) is 2.07. The maximum atomic E-state index is 11.6. The summed E-state index contributed by atoms with van der Waals surface area (Å²) in [4.78, 5) is 0. The monoisotopic (exact) mass is 298 g/mol. The van der Waals surface area contributed by atoms with E-state index in [2.05, 4.69) is 26.7 Å². The molecule has 0 aliphatic rings. The van der Waals surface area contributed by atoms with Crippen LogP contribution in [0.15, 0.2) is 0 Å². The second-order valence-corrected chi connectivity index (χ2v) is 7.25. The van der Waals surface area contributed by atoms with E-state index in [-0.39, 0.29) is 0 Å². The van der Waals surface area contributed by atoms with Gasteiger partial charge in [-0.2, -0.15) is 4.31 Å². The van der Waals surface area contributed by atoms with E-state index >= 15 is 0 Å². The molecule has 0 rings (SSSR count). The normalized spacial score (nSPS) is 18.0. The van der Waals surface area contributed by atoms with Gasteiger partial charge in [0.25, 0.3) is 0 Å². The average Bonchev–Trinajstić information content (AvgIpc) is 2.28. The zero-order valence-corrected chi connectivity index (χ0v) is 11.9. The number of hydrogen-bond acceptors (Lipinski definition) is 9. The Morgan fingerprint density at radius 3 is 1.62 bits per heavy atom. The molecule has 12 heteroatoms. The molecule has 98 valence electrons. The van der Waals surface area contributed by atoms with E-state index < -0.39 is 23.9 Å². The standard InChI is InChI=1S/C4H13O9P3/c1-8-14(5)12-16(7,11-4)13-15(6,9-2)10-3/h14H,1-4H3. The molecule has 9 nitrogen and oxygen atoms in total. The van der Waals surface area contributed by atoms with Crippen molar-refractivity contribution in [1.29, 1.82) is 0 Å². The molecule has 0 radical (unpaired) electrons. The Bertz CT molecular complexity index is 319. The van der Waals surface area contributed by atoms with Gasteiger partial charge in [0.1, 0.15) is 0 Å². The van der Waals surface area contributed by atoms with Gasteiger partial charge in [-0.15, -0.1) is 0 Å². The third-order valence-electron chi connectivity index (χ3n) is 1.22. The summed E-state index contributed by atoms with van der Waals surface area (Å²) < 4.78 is 60.0. The SMILES string of the molecule is CO[PH](=O)OP(=O)(OC)OP(=O)(OC)OC. The van der Waals surface area contributed by atoms with Crippen molar-refractivity contribution in [3.05, 3.63) is 0 Å². The van der Waals surface area contributed by atoms with Crippen LogP contribution in [0.2, 0.25) is 0 Å². The fraction of sp³-hybridized carbons (Fsp3) is 1.00. The molecule has 0 aromatic carbocycles. The first-order valence-electron chi connectivity index (χ1n) is 3.71. The van der Waals surface area contributed by atoms with Crippen LogP contribution in [0.25, 0.3) is 0 Å². The van der Waals surface area contributed by atoms with Crippen LogP contribution in [-0.4, -0.2) is 28.4 Å². The van der Waals surface area contributed by atoms with Gasteiger partial charge in [-0.25, -0.2) is 13.4 Å². The molecule has 0 amide bonds. The highest BCUT2D eigenvalue weighted by molar-refractivity contribution is 7.65. The van der Waals surface area contributed by atoms with Crippen molar-refractivity contribution in [2.24, 2.45) is 0 Å². The molecule has 0 aliphatic carbocycles. The van der Waals surface area contributed by atoms with Gasteiger partial charge in [-0.05, 0) is 0 Å². The van der Waals surface area contributed by atoms with Gasteiger partial charge in [0, 0.05) is 28.4 Å². The zero-order valence-electron chi connectivity index (χ0n) is 9.07. The van der Waals surface area contributed by atoms with Crippen LogP contribution in [0.4, 0.5) is 0 Å². The summed E-state index contributed by atoms with van der Waals surface area (Å²) in [5, 5.41) is 0. The molecule has 16 heavy (non-hydrogen) atoms. The van der Waals surface area contributed by atoms with Crippen molar-refractivity contribution in [3.63, 3.8) is 0 Å². The summed E-state index contributed by atoms with van der Waals surface area (Å²) in [6.07, 6.45) is 0. The van der Waals surface area contributed by atoms with Crippen LogP contribution >= 0.6 is 23.9 Å². The molecular formula is C4H13O9P3. The van der Waals surface area contributed by atoms with Gasteiger partial charge in [0.05, 0.1) is 0 Å². The molecule has 0 saturated carbocycles. The molecule has 2 atom stereocenters. The van der Waals surface area contributed by atoms with Crippen LogP contribution < -0.4 is 0 Å². The molecule has 0 heterocycles. The van der Waals surface area contributed by atoms with E-state index in [1.807, 2.05) is 0 Å². The van der Waals surface area contributed by atoms with Gasteiger partial charge in [-0.3, -0.25) is 18.1 Å². The molecule has 0 fully saturated rings. The van der Waals surface area contributed by atoms with E-state index in [0.717, 1.165) is 28.4 Å². The molecule has 0 bridgehead atoms. The lowest BCUT2D eigenvalue weighted by molar-refractivity contribution is 0.172. The Kier molecular flexibility index (Phi) is 7.21. The predicted octanol–water partition coefficient (Wildman–Crippen LogP) is 2.21. The number of phosphoric ester groups is 1. The number of phosphoric acid groups is 2. The number of hydrogen-bond donors (Lipinski definition) is 0. The Morgan fingerprint density at radius 2 is 1.31 bits per heavy atom. The van der Waals surface area contributed by atoms with Crippen molar-refractivity contribution >= 4 is 23.9 Å². The van der Waals surface area contributed by atoms with Gasteiger partial charge in [-0.1, -0.05) is 0 Å². The Hall–Kier alpha value is 0.450. The minimum Gasteiger partial charge on any atom is -0.314 e. The number of rotatable bonds is 8. The van der Waals surface area contributed by atoms with E-state index in [1.54, 1.807) is 0 Å². The average molecular weight is 298 g/mol. The topological polar surface area (TPSA) is 107 Å². The molecule has 0 aromatic heterocycles. The van der Waals surface area contributed by atoms with E-state index in [4.69, 9.17) is 0 Å². The first-order chi connectivity index (χ1) is 7.34. The highest BCUT2D eigenvalue weighted by Crippen LogP contribution is 2.67. The third kappa shape index (κ3) is 5.19. The Morgan fingerprint density at radius 1 is 0.875 bits per heavy atom. The maximum Gasteiger partial charge on any atom is 0.490 e. The molecule has 0 aromatic rings. The maximum absolute atomic E-state index is 11.6. The fourth-order valence-corrected chi connectivity index (χ4v) is 4.17. The van der Waals surface area contributed by atoms with Crippen molar-refractivity contribution in [3.8, 4) is 0 Å². The Labute approximate surface area is 93.5 Å². The molecule has 0 aliphatic heterocycles. The fourth-order valence-electron chi connectivity index (χ4n) is 0.479. The largest absolute Gasteiger partial charge is 0.490 e. The molecule has 0 N–H and O–H groups in total. The first-order valence-corrected chi connectivity index (χ1v) is 7.85. The van der Waals surface area contributed by atoms with Gasteiger partial charge in [0.15, 0.2) is 0 Å². The summed E-state index contributed by atoms with van der Waals surface area (Å²) in [6.45, 7) is 0. The highest BCUT2D eigenvalue weighted by Gasteiger charge is 2.40. The van der Waals surface area contributed by atoms with Crippen LogP contribution in [0.1, 0.15) is 0 Å². The lowest BCUT2D eigenvalue weighted by atomic mass is 11.8. The summed E-state index contributed by atoms with van der Waals surface area (Å²) in [5.74, 6) is 0. The predicted molar refractivity (Wildman–Crippen MR) is 54.4 cm³/mol. The second kappa shape index (κ2) is 7.01. The van der Waals surface area contributed by atoms with Crippen molar-refractivity contribution < 1.29 is 40.4 Å². The van der Waals surface area contributed by atoms with Crippen LogP contribution in [0, 0.1) is 0 Å². The minimum absolute atomic E-state index is 0.946. The quantitative estimate of drug-likeness (QED) is 0.623. The molecule has 0 saturated heterocycles. The molecule has 0 spiro atoms. The van der Waals surface area contributed by atoms with Crippen molar-refractivity contribution in [2.45, 2.75) is 0 Å². The van der Waals surface area contributed by atoms with E-state index in [0.29, 0.717) is 0 Å². The van der Waals surface area contributed by atoms with Crippen LogP contribution in [-0.2, 0) is 40.4 Å². The van der Waals surface area contributed by atoms with Gasteiger partial charge >= 0.3 is 23.9 Å². The molecule has 2 unspecified atom stereocenters. The minimum atomic E-state index is -4.33. The molecular weight excluding hydrogens is 285 g/mol. The van der Waals surface area contributed by atoms with Crippen LogP contribution in [0.3, 0.4) is 0 Å². The van der Waals surface area contributed by atoms with Crippen molar-refractivity contribution in [2.75, 3.05) is 28.4 Å². The Balaban J connectivity index is 4.79. The van der Waals surface area contributed by atoms with E-state index in [1.165, 1.54) is 0 Å². The summed E-state index contributed by atoms with van der Waals surface area (Å²) >= 11 is 0. The summed E-state index contributed by atoms with van der Waals surface area (Å²) in [6, 6.07) is 0. The first kappa shape index (κ1) is 16.4. The lowest BCUT2D eigenvalue weighted by Crippen LogP contribution is -1.96. The summed E-state index contributed by atoms with van der Waals surface area (Å²) in [5.41, 5.74) is 0. The van der Waals surface area contributed by atoms with Gasteiger partial charge < -0.3 is 4.52 Å². The van der Waals surface area contributed by atoms with Crippen molar-refractivity contribution in [1.82, 2.24) is 0 Å². The zero-order chi connectivity index (χ0) is 12.8. The highest BCUT2D eigenvalue weighted by atomic mass is 31.3. The van der Waals surface area contributed by atoms with Crippen LogP contribution in [0.5, 0.6) is 0 Å². The van der Waals surface area contributed by atoms with Gasteiger partial charge in [0.2, 0.25) is 0 Å². The third-order valence-corrected chi connectivity index (χ3v) is 5.99. The van der Waals surface area contributed by atoms with E-state index in [9.17, 15) is 13.7 Å². The smallest absolute Gasteiger partial charge is 0.314 e. The lowest BCUT2D eigenvalue weighted by Gasteiger charge is -2.18.